The van der Waals surface area contributed by atoms with Gasteiger partial charge in [0, 0.05) is 31.9 Å². The average Bonchev–Trinajstić information content (AvgIpc) is 3.15. The Kier molecular flexibility index (Phi) is 4.36. The van der Waals surface area contributed by atoms with Crippen molar-refractivity contribution in [3.8, 4) is 0 Å². The molecule has 0 saturated heterocycles. The lowest BCUT2D eigenvalue weighted by molar-refractivity contribution is 0.0947. The molecule has 0 fully saturated rings. The summed E-state index contributed by atoms with van der Waals surface area (Å²) in [6.07, 6.45) is 4.36. The van der Waals surface area contributed by atoms with E-state index >= 15 is 0 Å². The molecule has 0 aliphatic rings. The van der Waals surface area contributed by atoms with Crippen molar-refractivity contribution in [2.24, 2.45) is 7.05 Å². The largest absolute Gasteiger partial charge is 0.351 e. The van der Waals surface area contributed by atoms with Gasteiger partial charge in [-0.1, -0.05) is 13.0 Å². The highest BCUT2D eigenvalue weighted by Gasteiger charge is 2.11. The van der Waals surface area contributed by atoms with Crippen LogP contribution in [0.1, 0.15) is 35.4 Å². The molecule has 0 saturated carbocycles. The van der Waals surface area contributed by atoms with Crippen molar-refractivity contribution in [3.05, 3.63) is 47.7 Å². The van der Waals surface area contributed by atoms with Crippen LogP contribution in [0.5, 0.6) is 0 Å². The van der Waals surface area contributed by atoms with Gasteiger partial charge in [0.2, 0.25) is 0 Å². The molecule has 120 valence electrons. The number of aryl methyl sites for hydroxylation is 3. The molecular weight excluding hydrogens is 292 g/mol. The maximum Gasteiger partial charge on any atom is 0.271 e. The van der Waals surface area contributed by atoms with E-state index in [1.54, 1.807) is 4.68 Å². The van der Waals surface area contributed by atoms with E-state index in [0.29, 0.717) is 12.2 Å². The van der Waals surface area contributed by atoms with Crippen molar-refractivity contribution in [3.63, 3.8) is 0 Å². The van der Waals surface area contributed by atoms with Crippen molar-refractivity contribution < 1.29 is 4.79 Å². The Bertz CT molecular complexity index is 819. The molecular formula is C16H20N6O. The lowest BCUT2D eigenvalue weighted by Gasteiger charge is -2.02. The summed E-state index contributed by atoms with van der Waals surface area (Å²) in [5, 5.41) is 15.4. The first-order chi connectivity index (χ1) is 11.2. The molecule has 0 aliphatic heterocycles. The minimum absolute atomic E-state index is 0.133. The third kappa shape index (κ3) is 3.23. The molecule has 3 heterocycles. The van der Waals surface area contributed by atoms with E-state index in [1.807, 2.05) is 48.8 Å². The summed E-state index contributed by atoms with van der Waals surface area (Å²) in [5.74, 6) is 0.771. The fourth-order valence-corrected chi connectivity index (χ4v) is 2.55. The zero-order valence-electron chi connectivity index (χ0n) is 13.4. The van der Waals surface area contributed by atoms with Crippen molar-refractivity contribution in [1.29, 1.82) is 0 Å². The number of nitrogens with one attached hydrogen (secondary N) is 1. The van der Waals surface area contributed by atoms with Crippen LogP contribution in [0.2, 0.25) is 0 Å². The number of pyridine rings is 1. The fourth-order valence-electron chi connectivity index (χ4n) is 2.55. The van der Waals surface area contributed by atoms with Gasteiger partial charge in [-0.3, -0.25) is 13.9 Å². The Morgan fingerprint density at radius 2 is 2.17 bits per heavy atom. The van der Waals surface area contributed by atoms with Crippen LogP contribution in [-0.4, -0.2) is 36.8 Å². The molecule has 0 bridgehead atoms. The summed E-state index contributed by atoms with van der Waals surface area (Å²) in [6.45, 7) is 2.63. The second-order valence-corrected chi connectivity index (χ2v) is 5.40. The molecule has 0 spiro atoms. The van der Waals surface area contributed by atoms with Gasteiger partial charge >= 0.3 is 0 Å². The summed E-state index contributed by atoms with van der Waals surface area (Å²) in [7, 11) is 1.85. The van der Waals surface area contributed by atoms with Gasteiger partial charge in [0.1, 0.15) is 11.5 Å². The molecule has 1 N–H and O–H groups in total. The van der Waals surface area contributed by atoms with Crippen molar-refractivity contribution in [2.75, 3.05) is 6.54 Å². The van der Waals surface area contributed by atoms with Crippen LogP contribution in [0, 0.1) is 0 Å². The fraction of sp³-hybridized carbons (Fsp3) is 0.375. The minimum Gasteiger partial charge on any atom is -0.351 e. The molecule has 3 rings (SSSR count). The van der Waals surface area contributed by atoms with E-state index in [2.05, 4.69) is 20.6 Å². The quantitative estimate of drug-likeness (QED) is 0.698. The number of carbonyl (C=O) groups is 1. The van der Waals surface area contributed by atoms with Crippen molar-refractivity contribution >= 4 is 11.6 Å². The summed E-state index contributed by atoms with van der Waals surface area (Å²) >= 11 is 0. The lowest BCUT2D eigenvalue weighted by Crippen LogP contribution is -2.25. The summed E-state index contributed by atoms with van der Waals surface area (Å²) in [5.41, 5.74) is 2.36. The molecule has 0 aromatic carbocycles. The number of hydrogen-bond donors (Lipinski definition) is 1. The first-order valence-electron chi connectivity index (χ1n) is 7.78. The first kappa shape index (κ1) is 15.2. The molecule has 7 nitrogen and oxygen atoms in total. The standard InChI is InChI=1S/C16H20N6O/c1-3-12-11-13(20-21(12)2)16(23)17-9-6-8-15-19-18-14-7-4-5-10-22(14)15/h4-5,7,10-11H,3,6,8-9H2,1-2H3,(H,17,23). The molecule has 0 radical (unpaired) electrons. The number of rotatable bonds is 6. The maximum absolute atomic E-state index is 12.1. The predicted molar refractivity (Wildman–Crippen MR) is 86.2 cm³/mol. The number of hydrogen-bond acceptors (Lipinski definition) is 4. The number of fused-ring (bicyclic) bond motifs is 1. The highest BCUT2D eigenvalue weighted by molar-refractivity contribution is 5.92. The van der Waals surface area contributed by atoms with Gasteiger partial charge in [-0.15, -0.1) is 10.2 Å². The van der Waals surface area contributed by atoms with Crippen LogP contribution >= 0.6 is 0 Å². The van der Waals surface area contributed by atoms with Gasteiger partial charge in [0.25, 0.3) is 5.91 Å². The van der Waals surface area contributed by atoms with E-state index in [1.165, 1.54) is 0 Å². The Morgan fingerprint density at radius 1 is 1.30 bits per heavy atom. The average molecular weight is 312 g/mol. The topological polar surface area (TPSA) is 77.1 Å². The molecule has 0 atom stereocenters. The van der Waals surface area contributed by atoms with E-state index in [-0.39, 0.29) is 5.91 Å². The van der Waals surface area contributed by atoms with Crippen LogP contribution in [-0.2, 0) is 19.9 Å². The van der Waals surface area contributed by atoms with E-state index in [0.717, 1.165) is 36.4 Å². The lowest BCUT2D eigenvalue weighted by atomic mass is 10.2. The second kappa shape index (κ2) is 6.60. The smallest absolute Gasteiger partial charge is 0.271 e. The Balaban J connectivity index is 1.52. The van der Waals surface area contributed by atoms with Gasteiger partial charge in [-0.2, -0.15) is 5.10 Å². The number of amides is 1. The van der Waals surface area contributed by atoms with Crippen LogP contribution in [0.15, 0.2) is 30.5 Å². The van der Waals surface area contributed by atoms with Gasteiger partial charge in [-0.25, -0.2) is 0 Å². The summed E-state index contributed by atoms with van der Waals surface area (Å²) in [6, 6.07) is 7.64. The van der Waals surface area contributed by atoms with Gasteiger partial charge in [0.05, 0.1) is 0 Å². The SMILES string of the molecule is CCc1cc(C(=O)NCCCc2nnc3ccccn23)nn1C. The highest BCUT2D eigenvalue weighted by atomic mass is 16.1. The molecule has 1 amide bonds. The molecule has 0 unspecified atom stereocenters. The Morgan fingerprint density at radius 3 is 2.96 bits per heavy atom. The number of aromatic nitrogens is 5. The van der Waals surface area contributed by atoms with E-state index in [9.17, 15) is 4.79 Å². The Labute approximate surface area is 134 Å². The van der Waals surface area contributed by atoms with Gasteiger partial charge in [0.15, 0.2) is 5.65 Å². The Hall–Kier alpha value is -2.70. The summed E-state index contributed by atoms with van der Waals surface area (Å²) in [4.78, 5) is 12.1. The first-order valence-corrected chi connectivity index (χ1v) is 7.78. The van der Waals surface area contributed by atoms with Crippen molar-refractivity contribution in [2.45, 2.75) is 26.2 Å². The second-order valence-electron chi connectivity index (χ2n) is 5.40. The third-order valence-corrected chi connectivity index (χ3v) is 3.82. The number of nitrogens with zero attached hydrogens (tertiary/aromatic N) is 5. The van der Waals surface area contributed by atoms with Crippen LogP contribution < -0.4 is 5.32 Å². The predicted octanol–water partition coefficient (Wildman–Crippen LogP) is 1.39. The minimum atomic E-state index is -0.133. The molecule has 0 aliphatic carbocycles. The molecule has 7 heteroatoms. The zero-order valence-corrected chi connectivity index (χ0v) is 13.4. The van der Waals surface area contributed by atoms with E-state index in [4.69, 9.17) is 0 Å². The van der Waals surface area contributed by atoms with Gasteiger partial charge < -0.3 is 5.32 Å². The molecule has 23 heavy (non-hydrogen) atoms. The normalized spacial score (nSPS) is 11.0. The monoisotopic (exact) mass is 312 g/mol. The molecule has 3 aromatic heterocycles. The summed E-state index contributed by atoms with van der Waals surface area (Å²) < 4.78 is 3.71. The van der Waals surface area contributed by atoms with Crippen LogP contribution in [0.25, 0.3) is 5.65 Å². The van der Waals surface area contributed by atoms with Gasteiger partial charge in [-0.05, 0) is 31.0 Å². The van der Waals surface area contributed by atoms with Crippen LogP contribution in [0.4, 0.5) is 0 Å². The van der Waals surface area contributed by atoms with Crippen LogP contribution in [0.3, 0.4) is 0 Å². The third-order valence-electron chi connectivity index (χ3n) is 3.82. The zero-order chi connectivity index (χ0) is 16.2. The number of carbonyl (C=O) groups excluding carboxylic acids is 1. The van der Waals surface area contributed by atoms with Crippen molar-refractivity contribution in [1.82, 2.24) is 29.7 Å². The maximum atomic E-state index is 12.1. The van der Waals surface area contributed by atoms with E-state index < -0.39 is 0 Å². The highest BCUT2D eigenvalue weighted by Crippen LogP contribution is 2.06. The molecule has 3 aromatic rings.